The molecule has 4 rings (SSSR count). The van der Waals surface area contributed by atoms with Crippen LogP contribution in [-0.4, -0.2) is 57.7 Å². The van der Waals surface area contributed by atoms with E-state index in [1.54, 1.807) is 28.8 Å². The largest absolute Gasteiger partial charge is 0.444 e. The minimum Gasteiger partial charge on any atom is -0.444 e. The van der Waals surface area contributed by atoms with Crippen LogP contribution in [0.1, 0.15) is 20.8 Å². The highest BCUT2D eigenvalue weighted by molar-refractivity contribution is 7.25. The second kappa shape index (κ2) is 6.35. The summed E-state index contributed by atoms with van der Waals surface area (Å²) in [6, 6.07) is 3.97. The van der Waals surface area contributed by atoms with Crippen LogP contribution in [0.4, 0.5) is 10.6 Å². The smallest absolute Gasteiger partial charge is 0.410 e. The van der Waals surface area contributed by atoms with Gasteiger partial charge < -0.3 is 14.5 Å². The highest BCUT2D eigenvalue weighted by Crippen LogP contribution is 2.36. The molecule has 0 saturated carbocycles. The van der Waals surface area contributed by atoms with Gasteiger partial charge >= 0.3 is 6.09 Å². The molecule has 1 aliphatic heterocycles. The number of aromatic nitrogens is 3. The normalized spacial score (nSPS) is 15.7. The molecular formula is C18H21N5O2S. The SMILES string of the molecule is CC(C)(C)OC(=O)N1CCN(c2ncnc3c2sc2ncccc23)CC1. The van der Waals surface area contributed by atoms with Gasteiger partial charge in [-0.2, -0.15) is 0 Å². The summed E-state index contributed by atoms with van der Waals surface area (Å²) in [6.07, 6.45) is 3.15. The third-order valence-electron chi connectivity index (χ3n) is 4.24. The molecule has 3 aromatic heterocycles. The Kier molecular flexibility index (Phi) is 4.14. The van der Waals surface area contributed by atoms with Gasteiger partial charge in [0.2, 0.25) is 0 Å². The van der Waals surface area contributed by atoms with Crippen LogP contribution in [0, 0.1) is 0 Å². The van der Waals surface area contributed by atoms with Crippen molar-refractivity contribution in [3.63, 3.8) is 0 Å². The number of piperazine rings is 1. The van der Waals surface area contributed by atoms with E-state index in [0.717, 1.165) is 26.3 Å². The molecule has 0 bridgehead atoms. The summed E-state index contributed by atoms with van der Waals surface area (Å²) in [4.78, 5) is 30.6. The van der Waals surface area contributed by atoms with Gasteiger partial charge in [-0.05, 0) is 32.9 Å². The molecule has 136 valence electrons. The molecule has 3 aromatic rings. The highest BCUT2D eigenvalue weighted by atomic mass is 32.1. The fraction of sp³-hybridized carbons (Fsp3) is 0.444. The number of nitrogens with zero attached hydrogens (tertiary/aromatic N) is 5. The van der Waals surface area contributed by atoms with Gasteiger partial charge in [0.1, 0.15) is 22.6 Å². The molecule has 0 N–H and O–H groups in total. The number of hydrogen-bond acceptors (Lipinski definition) is 7. The molecule has 8 heteroatoms. The minimum absolute atomic E-state index is 0.254. The number of ether oxygens (including phenoxy) is 1. The fourth-order valence-corrected chi connectivity index (χ4v) is 4.17. The molecule has 1 saturated heterocycles. The Balaban J connectivity index is 1.56. The number of fused-ring (bicyclic) bond motifs is 3. The number of carbonyl (C=O) groups excluding carboxylic acids is 1. The van der Waals surface area contributed by atoms with E-state index >= 15 is 0 Å². The van der Waals surface area contributed by atoms with Gasteiger partial charge in [0.25, 0.3) is 0 Å². The number of thiophene rings is 1. The van der Waals surface area contributed by atoms with E-state index in [0.29, 0.717) is 26.2 Å². The topological polar surface area (TPSA) is 71.5 Å². The average Bonchev–Trinajstić information content (AvgIpc) is 2.99. The molecule has 0 spiro atoms. The van der Waals surface area contributed by atoms with Crippen LogP contribution >= 0.6 is 11.3 Å². The molecule has 7 nitrogen and oxygen atoms in total. The Labute approximate surface area is 155 Å². The Morgan fingerprint density at radius 1 is 1.15 bits per heavy atom. The van der Waals surface area contributed by atoms with Gasteiger partial charge in [-0.1, -0.05) is 0 Å². The van der Waals surface area contributed by atoms with E-state index in [-0.39, 0.29) is 6.09 Å². The standard InChI is InChI=1S/C18H21N5O2S/c1-18(2,3)25-17(24)23-9-7-22(8-10-23)15-14-13(20-11-21-15)12-5-4-6-19-16(12)26-14/h4-6,11H,7-10H2,1-3H3. The van der Waals surface area contributed by atoms with E-state index in [9.17, 15) is 4.79 Å². The zero-order chi connectivity index (χ0) is 18.3. The molecule has 1 amide bonds. The van der Waals surface area contributed by atoms with Crippen LogP contribution < -0.4 is 4.90 Å². The predicted octanol–water partition coefficient (Wildman–Crippen LogP) is 3.30. The molecule has 4 heterocycles. The first-order valence-corrected chi connectivity index (χ1v) is 9.45. The second-order valence-corrected chi connectivity index (χ2v) is 8.29. The van der Waals surface area contributed by atoms with Crippen LogP contribution in [0.3, 0.4) is 0 Å². The van der Waals surface area contributed by atoms with Gasteiger partial charge in [-0.25, -0.2) is 19.7 Å². The van der Waals surface area contributed by atoms with Crippen molar-refractivity contribution in [2.75, 3.05) is 31.1 Å². The summed E-state index contributed by atoms with van der Waals surface area (Å²) < 4.78 is 6.51. The van der Waals surface area contributed by atoms with E-state index in [2.05, 4.69) is 19.9 Å². The summed E-state index contributed by atoms with van der Waals surface area (Å²) >= 11 is 1.61. The van der Waals surface area contributed by atoms with Crippen LogP contribution in [-0.2, 0) is 4.74 Å². The van der Waals surface area contributed by atoms with Crippen molar-refractivity contribution in [2.45, 2.75) is 26.4 Å². The molecule has 0 unspecified atom stereocenters. The number of hydrogen-bond donors (Lipinski definition) is 0. The van der Waals surface area contributed by atoms with Crippen molar-refractivity contribution >= 4 is 43.7 Å². The Bertz CT molecular complexity index is 957. The maximum Gasteiger partial charge on any atom is 0.410 e. The van der Waals surface area contributed by atoms with Gasteiger partial charge in [-0.3, -0.25) is 0 Å². The third-order valence-corrected chi connectivity index (χ3v) is 5.34. The summed E-state index contributed by atoms with van der Waals surface area (Å²) in [5.41, 5.74) is 0.467. The van der Waals surface area contributed by atoms with E-state index in [4.69, 9.17) is 4.74 Å². The van der Waals surface area contributed by atoms with Gasteiger partial charge in [-0.15, -0.1) is 11.3 Å². The Morgan fingerprint density at radius 3 is 2.65 bits per heavy atom. The monoisotopic (exact) mass is 371 g/mol. The van der Waals surface area contributed by atoms with Crippen molar-refractivity contribution in [1.29, 1.82) is 0 Å². The quantitative estimate of drug-likeness (QED) is 0.654. The number of carbonyl (C=O) groups is 1. The van der Waals surface area contributed by atoms with Crippen LogP contribution in [0.25, 0.3) is 20.4 Å². The summed E-state index contributed by atoms with van der Waals surface area (Å²) in [5.74, 6) is 0.918. The lowest BCUT2D eigenvalue weighted by atomic mass is 10.2. The van der Waals surface area contributed by atoms with Crippen molar-refractivity contribution < 1.29 is 9.53 Å². The van der Waals surface area contributed by atoms with Gasteiger partial charge in [0.15, 0.2) is 0 Å². The maximum atomic E-state index is 12.2. The van der Waals surface area contributed by atoms with E-state index < -0.39 is 5.60 Å². The zero-order valence-electron chi connectivity index (χ0n) is 15.1. The van der Waals surface area contributed by atoms with Crippen LogP contribution in [0.2, 0.25) is 0 Å². The number of rotatable bonds is 1. The van der Waals surface area contributed by atoms with Crippen LogP contribution in [0.5, 0.6) is 0 Å². The van der Waals surface area contributed by atoms with Crippen molar-refractivity contribution in [1.82, 2.24) is 19.9 Å². The first-order chi connectivity index (χ1) is 12.4. The van der Waals surface area contributed by atoms with E-state index in [1.165, 1.54) is 0 Å². The summed E-state index contributed by atoms with van der Waals surface area (Å²) in [6.45, 7) is 8.31. The molecule has 1 fully saturated rings. The number of anilines is 1. The first kappa shape index (κ1) is 17.0. The molecule has 26 heavy (non-hydrogen) atoms. The average molecular weight is 371 g/mol. The van der Waals surface area contributed by atoms with Gasteiger partial charge in [0.05, 0.1) is 10.2 Å². The van der Waals surface area contributed by atoms with Crippen molar-refractivity contribution in [3.8, 4) is 0 Å². The minimum atomic E-state index is -0.475. The molecular weight excluding hydrogens is 350 g/mol. The lowest BCUT2D eigenvalue weighted by molar-refractivity contribution is 0.0240. The molecule has 0 aliphatic carbocycles. The Morgan fingerprint density at radius 2 is 1.92 bits per heavy atom. The number of pyridine rings is 1. The second-order valence-electron chi connectivity index (χ2n) is 7.29. The summed E-state index contributed by atoms with van der Waals surface area (Å²) in [7, 11) is 0. The van der Waals surface area contributed by atoms with Gasteiger partial charge in [0, 0.05) is 37.8 Å². The van der Waals surface area contributed by atoms with Crippen molar-refractivity contribution in [2.24, 2.45) is 0 Å². The molecule has 0 aromatic carbocycles. The third kappa shape index (κ3) is 3.16. The predicted molar refractivity (Wildman–Crippen MR) is 103 cm³/mol. The summed E-state index contributed by atoms with van der Waals surface area (Å²) in [5, 5.41) is 1.06. The fourth-order valence-electron chi connectivity index (χ4n) is 3.05. The highest BCUT2D eigenvalue weighted by Gasteiger charge is 2.27. The number of amides is 1. The molecule has 1 aliphatic rings. The Hall–Kier alpha value is -2.48. The maximum absolute atomic E-state index is 12.2. The van der Waals surface area contributed by atoms with Crippen molar-refractivity contribution in [3.05, 3.63) is 24.7 Å². The zero-order valence-corrected chi connectivity index (χ0v) is 15.9. The van der Waals surface area contributed by atoms with Crippen LogP contribution in [0.15, 0.2) is 24.7 Å². The lowest BCUT2D eigenvalue weighted by Crippen LogP contribution is -2.50. The first-order valence-electron chi connectivity index (χ1n) is 8.63. The molecule has 0 radical (unpaired) electrons. The molecule has 0 atom stereocenters. The lowest BCUT2D eigenvalue weighted by Gasteiger charge is -2.36. The van der Waals surface area contributed by atoms with E-state index in [1.807, 2.05) is 32.9 Å².